The van der Waals surface area contributed by atoms with Gasteiger partial charge in [-0.15, -0.1) is 0 Å². The van der Waals surface area contributed by atoms with Crippen LogP contribution in [0.5, 0.6) is 0 Å². The van der Waals surface area contributed by atoms with E-state index in [2.05, 4.69) is 10.1 Å². The Morgan fingerprint density at radius 1 is 1.57 bits per heavy atom. The summed E-state index contributed by atoms with van der Waals surface area (Å²) in [6.07, 6.45) is 2.57. The van der Waals surface area contributed by atoms with Crippen molar-refractivity contribution in [2.75, 3.05) is 6.54 Å². The van der Waals surface area contributed by atoms with Gasteiger partial charge in [-0.05, 0) is 44.2 Å². The number of thiophene rings is 1. The number of carbonyl (C=O) groups is 1. The van der Waals surface area contributed by atoms with Gasteiger partial charge in [-0.1, -0.05) is 5.16 Å². The Kier molecular flexibility index (Phi) is 3.77. The fraction of sp³-hybridized carbons (Fsp3) is 0.500. The molecular formula is C14H17N3O3S. The van der Waals surface area contributed by atoms with E-state index in [0.29, 0.717) is 24.7 Å². The molecule has 112 valence electrons. The maximum absolute atomic E-state index is 11.6. The second kappa shape index (κ2) is 5.57. The predicted molar refractivity (Wildman–Crippen MR) is 77.9 cm³/mol. The van der Waals surface area contributed by atoms with E-state index >= 15 is 0 Å². The predicted octanol–water partition coefficient (Wildman–Crippen LogP) is 2.63. The second-order valence-corrected chi connectivity index (χ2v) is 6.26. The van der Waals surface area contributed by atoms with Gasteiger partial charge in [0.1, 0.15) is 5.54 Å². The first-order valence-electron chi connectivity index (χ1n) is 6.93. The SMILES string of the molecule is CC1(C(=O)O)CCCCN1Cc1nc(-c2ccsc2)no1. The number of aromatic nitrogens is 2. The summed E-state index contributed by atoms with van der Waals surface area (Å²) in [5.41, 5.74) is 0.0737. The van der Waals surface area contributed by atoms with Crippen LogP contribution >= 0.6 is 11.3 Å². The molecule has 0 bridgehead atoms. The Labute approximate surface area is 126 Å². The Morgan fingerprint density at radius 2 is 2.43 bits per heavy atom. The van der Waals surface area contributed by atoms with Crippen molar-refractivity contribution in [1.29, 1.82) is 0 Å². The van der Waals surface area contributed by atoms with E-state index in [4.69, 9.17) is 4.52 Å². The molecule has 1 fully saturated rings. The lowest BCUT2D eigenvalue weighted by Crippen LogP contribution is -2.54. The molecule has 3 rings (SSSR count). The molecule has 1 saturated heterocycles. The average molecular weight is 307 g/mol. The van der Waals surface area contributed by atoms with Crippen LogP contribution in [0.1, 0.15) is 32.1 Å². The van der Waals surface area contributed by atoms with Gasteiger partial charge >= 0.3 is 5.97 Å². The molecule has 0 saturated carbocycles. The van der Waals surface area contributed by atoms with Crippen LogP contribution in [0.25, 0.3) is 11.4 Å². The third kappa shape index (κ3) is 2.71. The molecule has 21 heavy (non-hydrogen) atoms. The monoisotopic (exact) mass is 307 g/mol. The molecule has 0 aromatic carbocycles. The van der Waals surface area contributed by atoms with E-state index < -0.39 is 11.5 Å². The zero-order valence-electron chi connectivity index (χ0n) is 11.8. The van der Waals surface area contributed by atoms with Gasteiger partial charge in [0, 0.05) is 10.9 Å². The summed E-state index contributed by atoms with van der Waals surface area (Å²) in [4.78, 5) is 17.8. The molecule has 0 aliphatic carbocycles. The molecule has 1 atom stereocenters. The number of rotatable bonds is 4. The normalized spacial score (nSPS) is 23.3. The van der Waals surface area contributed by atoms with Crippen LogP contribution in [-0.4, -0.2) is 38.2 Å². The van der Waals surface area contributed by atoms with E-state index in [1.165, 1.54) is 0 Å². The fourth-order valence-electron chi connectivity index (χ4n) is 2.66. The van der Waals surface area contributed by atoms with Gasteiger partial charge in [0.2, 0.25) is 11.7 Å². The number of nitrogens with zero attached hydrogens (tertiary/aromatic N) is 3. The minimum Gasteiger partial charge on any atom is -0.480 e. The maximum Gasteiger partial charge on any atom is 0.323 e. The first-order chi connectivity index (χ1) is 10.1. The highest BCUT2D eigenvalue weighted by Gasteiger charge is 2.41. The lowest BCUT2D eigenvalue weighted by atomic mass is 9.88. The van der Waals surface area contributed by atoms with Gasteiger partial charge in [0.15, 0.2) is 0 Å². The summed E-state index contributed by atoms with van der Waals surface area (Å²) < 4.78 is 5.27. The number of hydrogen-bond donors (Lipinski definition) is 1. The van der Waals surface area contributed by atoms with E-state index in [1.807, 2.05) is 21.7 Å². The minimum absolute atomic E-state index is 0.375. The molecule has 2 aromatic rings. The summed E-state index contributed by atoms with van der Waals surface area (Å²) in [7, 11) is 0. The standard InChI is InChI=1S/C14H17N3O3S/c1-14(13(18)19)5-2-3-6-17(14)8-11-15-12(16-20-11)10-4-7-21-9-10/h4,7,9H,2-3,5-6,8H2,1H3,(H,18,19). The molecule has 6 nitrogen and oxygen atoms in total. The molecule has 0 radical (unpaired) electrons. The zero-order valence-corrected chi connectivity index (χ0v) is 12.6. The quantitative estimate of drug-likeness (QED) is 0.935. The average Bonchev–Trinajstić information content (AvgIpc) is 3.12. The van der Waals surface area contributed by atoms with Crippen molar-refractivity contribution in [1.82, 2.24) is 15.0 Å². The van der Waals surface area contributed by atoms with E-state index in [0.717, 1.165) is 24.9 Å². The molecule has 1 unspecified atom stereocenters. The maximum atomic E-state index is 11.6. The van der Waals surface area contributed by atoms with Crippen LogP contribution in [0.3, 0.4) is 0 Å². The van der Waals surface area contributed by atoms with Gasteiger partial charge in [-0.2, -0.15) is 16.3 Å². The first-order valence-corrected chi connectivity index (χ1v) is 7.87. The van der Waals surface area contributed by atoms with Gasteiger partial charge < -0.3 is 9.63 Å². The largest absolute Gasteiger partial charge is 0.480 e. The molecule has 0 spiro atoms. The molecule has 1 aliphatic rings. The minimum atomic E-state index is -0.852. The number of carboxylic acids is 1. The zero-order chi connectivity index (χ0) is 14.9. The van der Waals surface area contributed by atoms with Crippen LogP contribution in [0.15, 0.2) is 21.3 Å². The van der Waals surface area contributed by atoms with Crippen LogP contribution in [0, 0.1) is 0 Å². The highest BCUT2D eigenvalue weighted by atomic mass is 32.1. The molecule has 0 amide bonds. The van der Waals surface area contributed by atoms with Crippen molar-refractivity contribution in [2.24, 2.45) is 0 Å². The number of likely N-dealkylation sites (tertiary alicyclic amines) is 1. The van der Waals surface area contributed by atoms with Crippen molar-refractivity contribution in [3.05, 3.63) is 22.7 Å². The summed E-state index contributed by atoms with van der Waals surface area (Å²) >= 11 is 1.57. The van der Waals surface area contributed by atoms with Crippen LogP contribution in [0.4, 0.5) is 0 Å². The van der Waals surface area contributed by atoms with Gasteiger partial charge in [0.05, 0.1) is 6.54 Å². The van der Waals surface area contributed by atoms with E-state index in [1.54, 1.807) is 18.3 Å². The first kappa shape index (κ1) is 14.2. The van der Waals surface area contributed by atoms with E-state index in [9.17, 15) is 9.90 Å². The van der Waals surface area contributed by atoms with Crippen LogP contribution < -0.4 is 0 Å². The number of aliphatic carboxylic acids is 1. The van der Waals surface area contributed by atoms with Crippen LogP contribution in [0.2, 0.25) is 0 Å². The van der Waals surface area contributed by atoms with Gasteiger partial charge in [0.25, 0.3) is 0 Å². The van der Waals surface area contributed by atoms with Crippen molar-refractivity contribution in [3.8, 4) is 11.4 Å². The van der Waals surface area contributed by atoms with Crippen molar-refractivity contribution in [3.63, 3.8) is 0 Å². The summed E-state index contributed by atoms with van der Waals surface area (Å²) in [5, 5.41) is 17.4. The second-order valence-electron chi connectivity index (χ2n) is 5.48. The third-order valence-corrected chi connectivity index (χ3v) is 4.76. The van der Waals surface area contributed by atoms with Crippen molar-refractivity contribution in [2.45, 2.75) is 38.3 Å². The molecule has 3 heterocycles. The van der Waals surface area contributed by atoms with E-state index in [-0.39, 0.29) is 0 Å². The molecule has 1 aliphatic heterocycles. The Morgan fingerprint density at radius 3 is 3.14 bits per heavy atom. The lowest BCUT2D eigenvalue weighted by molar-refractivity contribution is -0.153. The van der Waals surface area contributed by atoms with Gasteiger partial charge in [-0.3, -0.25) is 9.69 Å². The Balaban J connectivity index is 1.78. The molecule has 2 aromatic heterocycles. The van der Waals surface area contributed by atoms with Crippen molar-refractivity contribution < 1.29 is 14.4 Å². The highest BCUT2D eigenvalue weighted by Crippen LogP contribution is 2.30. The van der Waals surface area contributed by atoms with Crippen molar-refractivity contribution >= 4 is 17.3 Å². The Bertz CT molecular complexity index is 625. The highest BCUT2D eigenvalue weighted by molar-refractivity contribution is 7.08. The summed E-state index contributed by atoms with van der Waals surface area (Å²) in [5.74, 6) is 0.227. The summed E-state index contributed by atoms with van der Waals surface area (Å²) in [6, 6.07) is 1.93. The third-order valence-electron chi connectivity index (χ3n) is 4.07. The Hall–Kier alpha value is -1.73. The smallest absolute Gasteiger partial charge is 0.323 e. The van der Waals surface area contributed by atoms with Crippen LogP contribution in [-0.2, 0) is 11.3 Å². The molecular weight excluding hydrogens is 290 g/mol. The number of hydrogen-bond acceptors (Lipinski definition) is 6. The topological polar surface area (TPSA) is 79.5 Å². The molecule has 1 N–H and O–H groups in total. The fourth-order valence-corrected chi connectivity index (χ4v) is 3.30. The number of carboxylic acid groups (broad SMARTS) is 1. The number of piperidine rings is 1. The van der Waals surface area contributed by atoms with Gasteiger partial charge in [-0.25, -0.2) is 0 Å². The summed E-state index contributed by atoms with van der Waals surface area (Å²) in [6.45, 7) is 2.88. The molecule has 7 heteroatoms. The lowest BCUT2D eigenvalue weighted by Gasteiger charge is -2.40.